The van der Waals surface area contributed by atoms with Crippen molar-refractivity contribution < 1.29 is 9.53 Å². The van der Waals surface area contributed by atoms with Gasteiger partial charge in [-0.15, -0.1) is 0 Å². The molecule has 0 radical (unpaired) electrons. The van der Waals surface area contributed by atoms with Gasteiger partial charge >= 0.3 is 5.97 Å². The molecule has 1 saturated heterocycles. The fourth-order valence-electron chi connectivity index (χ4n) is 1.44. The lowest BCUT2D eigenvalue weighted by atomic mass is 10.0. The average molecular weight is 203 g/mol. The third-order valence-corrected chi connectivity index (χ3v) is 3.53. The van der Waals surface area contributed by atoms with E-state index in [-0.39, 0.29) is 16.8 Å². The maximum atomic E-state index is 11.5. The number of esters is 1. The molecule has 1 fully saturated rings. The molecule has 1 atom stereocenters. The SMILES string of the molecule is CCOC(=O)C1NCCSC1(C)C. The summed E-state index contributed by atoms with van der Waals surface area (Å²) in [5, 5.41) is 3.20. The summed E-state index contributed by atoms with van der Waals surface area (Å²) in [6.07, 6.45) is 0. The van der Waals surface area contributed by atoms with Gasteiger partial charge < -0.3 is 10.1 Å². The number of thioether (sulfide) groups is 1. The van der Waals surface area contributed by atoms with Gasteiger partial charge in [-0.25, -0.2) is 0 Å². The smallest absolute Gasteiger partial charge is 0.324 e. The molecular formula is C9H17NO2S. The number of ether oxygens (including phenoxy) is 1. The molecule has 1 aliphatic rings. The predicted octanol–water partition coefficient (Wildman–Crippen LogP) is 1.03. The van der Waals surface area contributed by atoms with Crippen LogP contribution in [0.2, 0.25) is 0 Å². The molecule has 1 N–H and O–H groups in total. The molecular weight excluding hydrogens is 186 g/mol. The first kappa shape index (κ1) is 10.9. The highest BCUT2D eigenvalue weighted by Crippen LogP contribution is 2.31. The number of nitrogens with one attached hydrogen (secondary N) is 1. The summed E-state index contributed by atoms with van der Waals surface area (Å²) in [5.41, 5.74) is 0. The number of rotatable bonds is 2. The van der Waals surface area contributed by atoms with Crippen LogP contribution in [0.3, 0.4) is 0 Å². The molecule has 76 valence electrons. The van der Waals surface area contributed by atoms with Gasteiger partial charge in [0, 0.05) is 17.0 Å². The summed E-state index contributed by atoms with van der Waals surface area (Å²) in [5.74, 6) is 0.933. The highest BCUT2D eigenvalue weighted by molar-refractivity contribution is 8.00. The molecule has 0 aromatic rings. The zero-order chi connectivity index (χ0) is 9.90. The van der Waals surface area contributed by atoms with E-state index in [9.17, 15) is 4.79 Å². The second kappa shape index (κ2) is 4.33. The monoisotopic (exact) mass is 203 g/mol. The van der Waals surface area contributed by atoms with Gasteiger partial charge in [-0.2, -0.15) is 11.8 Å². The van der Waals surface area contributed by atoms with Crippen molar-refractivity contribution in [3.8, 4) is 0 Å². The fraction of sp³-hybridized carbons (Fsp3) is 0.889. The van der Waals surface area contributed by atoms with Gasteiger partial charge in [-0.05, 0) is 20.8 Å². The van der Waals surface area contributed by atoms with Gasteiger partial charge in [0.2, 0.25) is 0 Å². The summed E-state index contributed by atoms with van der Waals surface area (Å²) >= 11 is 1.82. The van der Waals surface area contributed by atoms with Gasteiger partial charge in [0.1, 0.15) is 6.04 Å². The van der Waals surface area contributed by atoms with E-state index in [1.54, 1.807) is 0 Å². The van der Waals surface area contributed by atoms with E-state index in [4.69, 9.17) is 4.74 Å². The number of hydrogen-bond donors (Lipinski definition) is 1. The summed E-state index contributed by atoms with van der Waals surface area (Å²) in [4.78, 5) is 11.5. The molecule has 13 heavy (non-hydrogen) atoms. The standard InChI is InChI=1S/C9H17NO2S/c1-4-12-8(11)7-9(2,3)13-6-5-10-7/h7,10H,4-6H2,1-3H3. The lowest BCUT2D eigenvalue weighted by Crippen LogP contribution is -2.55. The molecule has 3 nitrogen and oxygen atoms in total. The van der Waals surface area contributed by atoms with Crippen LogP contribution in [0.4, 0.5) is 0 Å². The molecule has 0 aliphatic carbocycles. The van der Waals surface area contributed by atoms with E-state index in [2.05, 4.69) is 19.2 Å². The third kappa shape index (κ3) is 2.61. The summed E-state index contributed by atoms with van der Waals surface area (Å²) in [6.45, 7) is 7.33. The van der Waals surface area contributed by atoms with Gasteiger partial charge in [-0.3, -0.25) is 4.79 Å². The Bertz CT molecular complexity index is 194. The topological polar surface area (TPSA) is 38.3 Å². The second-order valence-corrected chi connectivity index (χ2v) is 5.34. The van der Waals surface area contributed by atoms with Crippen LogP contribution in [0.15, 0.2) is 0 Å². The van der Waals surface area contributed by atoms with Crippen molar-refractivity contribution in [1.29, 1.82) is 0 Å². The van der Waals surface area contributed by atoms with E-state index in [0.29, 0.717) is 6.61 Å². The molecule has 0 spiro atoms. The Balaban J connectivity index is 2.59. The third-order valence-electron chi connectivity index (χ3n) is 2.14. The minimum Gasteiger partial charge on any atom is -0.465 e. The molecule has 0 aromatic heterocycles. The van der Waals surface area contributed by atoms with E-state index >= 15 is 0 Å². The Hall–Kier alpha value is -0.220. The maximum absolute atomic E-state index is 11.5. The molecule has 4 heteroatoms. The molecule has 0 aromatic carbocycles. The molecule has 1 heterocycles. The quantitative estimate of drug-likeness (QED) is 0.680. The van der Waals surface area contributed by atoms with Crippen molar-refractivity contribution >= 4 is 17.7 Å². The first-order valence-electron chi connectivity index (χ1n) is 4.62. The Morgan fingerprint density at radius 2 is 2.38 bits per heavy atom. The van der Waals surface area contributed by atoms with Crippen molar-refractivity contribution in [2.24, 2.45) is 0 Å². The van der Waals surface area contributed by atoms with E-state index < -0.39 is 0 Å². The van der Waals surface area contributed by atoms with Crippen molar-refractivity contribution in [3.05, 3.63) is 0 Å². The highest BCUT2D eigenvalue weighted by Gasteiger charge is 2.38. The molecule has 1 unspecified atom stereocenters. The summed E-state index contributed by atoms with van der Waals surface area (Å²) in [6, 6.07) is -0.161. The normalized spacial score (nSPS) is 26.8. The predicted molar refractivity (Wildman–Crippen MR) is 55.0 cm³/mol. The summed E-state index contributed by atoms with van der Waals surface area (Å²) in [7, 11) is 0. The first-order valence-corrected chi connectivity index (χ1v) is 5.60. The van der Waals surface area contributed by atoms with Crippen LogP contribution in [0, 0.1) is 0 Å². The lowest BCUT2D eigenvalue weighted by Gasteiger charge is -2.36. The molecule has 1 rings (SSSR count). The Morgan fingerprint density at radius 1 is 1.69 bits per heavy atom. The van der Waals surface area contributed by atoms with Crippen molar-refractivity contribution in [2.75, 3.05) is 18.9 Å². The van der Waals surface area contributed by atoms with Crippen LogP contribution in [0.25, 0.3) is 0 Å². The number of hydrogen-bond acceptors (Lipinski definition) is 4. The minimum atomic E-state index is -0.161. The zero-order valence-electron chi connectivity index (χ0n) is 8.42. The van der Waals surface area contributed by atoms with Crippen LogP contribution in [0.5, 0.6) is 0 Å². The van der Waals surface area contributed by atoms with Crippen LogP contribution >= 0.6 is 11.8 Å². The van der Waals surface area contributed by atoms with Gasteiger partial charge in [0.25, 0.3) is 0 Å². The molecule has 0 saturated carbocycles. The highest BCUT2D eigenvalue weighted by atomic mass is 32.2. The first-order chi connectivity index (χ1) is 6.08. The molecule has 0 bridgehead atoms. The van der Waals surface area contributed by atoms with E-state index in [1.165, 1.54) is 0 Å². The number of carbonyl (C=O) groups excluding carboxylic acids is 1. The Labute approximate surface area is 83.6 Å². The number of carbonyl (C=O) groups is 1. The van der Waals surface area contributed by atoms with Crippen LogP contribution in [0.1, 0.15) is 20.8 Å². The molecule has 0 amide bonds. The lowest BCUT2D eigenvalue weighted by molar-refractivity contribution is -0.146. The van der Waals surface area contributed by atoms with E-state index in [0.717, 1.165) is 12.3 Å². The second-order valence-electron chi connectivity index (χ2n) is 3.59. The average Bonchev–Trinajstić information content (AvgIpc) is 2.03. The zero-order valence-corrected chi connectivity index (χ0v) is 9.24. The van der Waals surface area contributed by atoms with Crippen LogP contribution < -0.4 is 5.32 Å². The Kier molecular flexibility index (Phi) is 3.62. The van der Waals surface area contributed by atoms with Gasteiger partial charge in [-0.1, -0.05) is 0 Å². The maximum Gasteiger partial charge on any atom is 0.324 e. The van der Waals surface area contributed by atoms with Crippen molar-refractivity contribution in [2.45, 2.75) is 31.6 Å². The van der Waals surface area contributed by atoms with Crippen LogP contribution in [-0.4, -0.2) is 35.7 Å². The Morgan fingerprint density at radius 3 is 2.92 bits per heavy atom. The van der Waals surface area contributed by atoms with Crippen molar-refractivity contribution in [3.63, 3.8) is 0 Å². The fourth-order valence-corrected chi connectivity index (χ4v) is 2.53. The van der Waals surface area contributed by atoms with E-state index in [1.807, 2.05) is 18.7 Å². The van der Waals surface area contributed by atoms with Gasteiger partial charge in [0.05, 0.1) is 6.61 Å². The largest absolute Gasteiger partial charge is 0.465 e. The minimum absolute atomic E-state index is 0.0511. The van der Waals surface area contributed by atoms with Crippen LogP contribution in [-0.2, 0) is 9.53 Å². The van der Waals surface area contributed by atoms with Gasteiger partial charge in [0.15, 0.2) is 0 Å². The summed E-state index contributed by atoms with van der Waals surface area (Å²) < 4.78 is 4.95. The molecule has 1 aliphatic heterocycles. The van der Waals surface area contributed by atoms with Crippen molar-refractivity contribution in [1.82, 2.24) is 5.32 Å².